The van der Waals surface area contributed by atoms with Crippen LogP contribution in [0.25, 0.3) is 0 Å². The number of hydrogen-bond acceptors (Lipinski definition) is 16. The summed E-state index contributed by atoms with van der Waals surface area (Å²) in [5.74, 6) is -7.01. The van der Waals surface area contributed by atoms with Gasteiger partial charge in [0, 0.05) is 99.1 Å². The van der Waals surface area contributed by atoms with Crippen LogP contribution in [0.3, 0.4) is 0 Å². The zero-order valence-electron chi connectivity index (χ0n) is 56.7. The van der Waals surface area contributed by atoms with E-state index in [9.17, 15) is 63.5 Å². The molecule has 0 bridgehead atoms. The van der Waals surface area contributed by atoms with Crippen LogP contribution in [0.5, 0.6) is 0 Å². The van der Waals surface area contributed by atoms with Gasteiger partial charge in [-0.15, -0.1) is 0 Å². The lowest BCUT2D eigenvalue weighted by Crippen LogP contribution is -2.47. The molecule has 3 fully saturated rings. The molecule has 0 unspecified atom stereocenters. The van der Waals surface area contributed by atoms with Crippen LogP contribution in [-0.2, 0) is 9.84 Å². The van der Waals surface area contributed by atoms with E-state index >= 15 is 0 Å². The van der Waals surface area contributed by atoms with Gasteiger partial charge in [0.25, 0.3) is 35.4 Å². The second kappa shape index (κ2) is 35.9. The molecule has 0 saturated carbocycles. The van der Waals surface area contributed by atoms with Crippen molar-refractivity contribution in [1.82, 2.24) is 34.6 Å². The van der Waals surface area contributed by atoms with E-state index in [4.69, 9.17) is 51.0 Å². The number of anilines is 6. The second-order valence-corrected chi connectivity index (χ2v) is 28.9. The van der Waals surface area contributed by atoms with E-state index in [-0.39, 0.29) is 116 Å². The predicted molar refractivity (Wildman–Crippen MR) is 403 cm³/mol. The highest BCUT2D eigenvalue weighted by Gasteiger charge is 2.28. The molecule has 0 atom stereocenters. The van der Waals surface area contributed by atoms with Gasteiger partial charge >= 0.3 is 0 Å². The molecular weight excluding hydrogens is 1510 g/mol. The monoisotopic (exact) mass is 1570 g/mol. The molecule has 6 amide bonds. The molecule has 9 N–H and O–H groups in total. The van der Waals surface area contributed by atoms with Crippen molar-refractivity contribution in [2.24, 2.45) is 0 Å². The average molecular weight is 1580 g/mol. The molecule has 0 aliphatic carbocycles. The van der Waals surface area contributed by atoms with Gasteiger partial charge in [-0.3, -0.25) is 45.0 Å². The van der Waals surface area contributed by atoms with Gasteiger partial charge in [0.2, 0.25) is 0 Å². The highest BCUT2D eigenvalue weighted by atomic mass is 35.5. The lowest BCUT2D eigenvalue weighted by atomic mass is 10.1. The normalized spacial score (nSPS) is 13.9. The van der Waals surface area contributed by atoms with Gasteiger partial charge in [-0.05, 0) is 134 Å². The molecule has 12 rings (SSSR count). The predicted octanol–water partition coefficient (Wildman–Crippen LogP) is 12.6. The van der Waals surface area contributed by atoms with E-state index in [1.165, 1.54) is 114 Å². The molecule has 3 saturated heterocycles. The van der Waals surface area contributed by atoms with Crippen LogP contribution in [-0.4, -0.2) is 178 Å². The zero-order chi connectivity index (χ0) is 77.5. The fraction of sp³-hybridized carbons (Fsp3) is 0.178. The molecule has 3 aliphatic heterocycles. The van der Waals surface area contributed by atoms with E-state index in [0.717, 1.165) is 79.2 Å². The molecule has 24 nitrogen and oxygen atoms in total. The summed E-state index contributed by atoms with van der Waals surface area (Å²) in [5.41, 5.74) is -0.678. The minimum atomic E-state index is -3.15. The van der Waals surface area contributed by atoms with E-state index < -0.39 is 80.2 Å². The van der Waals surface area contributed by atoms with Gasteiger partial charge in [-0.2, -0.15) is 11.8 Å². The Morgan fingerprint density at radius 3 is 0.972 bits per heavy atom. The number of halogens is 9. The number of benzene rings is 6. The van der Waals surface area contributed by atoms with Gasteiger partial charge in [-0.1, -0.05) is 53.0 Å². The molecule has 558 valence electrons. The van der Waals surface area contributed by atoms with Gasteiger partial charge in [0.1, 0.15) is 69.9 Å². The third-order valence-electron chi connectivity index (χ3n) is 16.6. The van der Waals surface area contributed by atoms with E-state index in [1.807, 2.05) is 16.8 Å². The third kappa shape index (κ3) is 21.1. The smallest absolute Gasteiger partial charge is 0.259 e. The Bertz CT molecular complexity index is 5070. The number of rotatable bonds is 15. The maximum atomic E-state index is 14.9. The molecule has 6 heterocycles. The second-order valence-electron chi connectivity index (χ2n) is 24.0. The standard InChI is InChI=1S/C25H23ClF2N6O2.C24H20ClF2N5O4S.C24H20ClF2N5O2S/c1-33-8-10-34(11-9-33)23(29)15-2-5-18(20(28)12-15)24(35)31-21-6-4-17(27)13-19(21)25(36)32-22-7-3-16(26)14-30-22;25-15-2-6-21(29-13-15)31-24(34)18-12-16(26)3-5-20(18)30-23(33)17-4-1-14(11-19(17)27)22(28)32-7-9-37(35,36)10-8-32;25-15-2-6-21(29-13-15)31-24(34)18-12-16(26)3-5-20(18)30-23(33)17-4-1-14(11-19(17)27)22(28)32-7-9-35-10-8-32/h2-7,12-14,29H,8-11H2,1H3,(H,31,35)(H,30,32,36);1-6,11-13,28H,7-10H2,(H,30,33)(H,29,31,34);1-6,11-13,28H,7-10H2,(H,30,33)(H,29,31,34). The number of sulfone groups is 1. The Morgan fingerprint density at radius 1 is 0.380 bits per heavy atom. The SMILES string of the molecule is CN1CCN(C(=N)c2ccc(C(=O)Nc3ccc(F)cc3C(=O)Nc3ccc(Cl)cn3)c(F)c2)CC1.N=C(c1ccc(C(=O)Nc2ccc(F)cc2C(=O)Nc2ccc(Cl)cn2)c(F)c1)N1CCS(=O)(=O)CC1.N=C(c1ccc(C(=O)Nc2ccc(F)cc2C(=O)Nc2ccc(Cl)cn2)c(F)c1)N1CCSCC1. The summed E-state index contributed by atoms with van der Waals surface area (Å²) in [6, 6.07) is 29.9. The van der Waals surface area contributed by atoms with Crippen LogP contribution >= 0.6 is 46.6 Å². The van der Waals surface area contributed by atoms with Crippen molar-refractivity contribution in [2.45, 2.75) is 0 Å². The zero-order valence-corrected chi connectivity index (χ0v) is 60.6. The van der Waals surface area contributed by atoms with Crippen molar-refractivity contribution < 1.29 is 63.5 Å². The first-order valence-corrected chi connectivity index (χ1v) is 36.6. The van der Waals surface area contributed by atoms with Crippen LogP contribution < -0.4 is 31.9 Å². The van der Waals surface area contributed by atoms with Crippen LogP contribution in [0.4, 0.5) is 60.9 Å². The maximum Gasteiger partial charge on any atom is 0.259 e. The highest BCUT2D eigenvalue weighted by Crippen LogP contribution is 2.27. The lowest BCUT2D eigenvalue weighted by molar-refractivity contribution is 0.100. The highest BCUT2D eigenvalue weighted by molar-refractivity contribution is 7.99. The molecule has 0 radical (unpaired) electrons. The Labute approximate surface area is 633 Å². The summed E-state index contributed by atoms with van der Waals surface area (Å²) in [6.07, 6.45) is 3.98. The Morgan fingerprint density at radius 2 is 0.676 bits per heavy atom. The Kier molecular flexibility index (Phi) is 26.3. The average Bonchev–Trinajstić information content (AvgIpc) is 0.834. The van der Waals surface area contributed by atoms with Crippen molar-refractivity contribution in [3.63, 3.8) is 0 Å². The largest absolute Gasteiger partial charge is 0.355 e. The van der Waals surface area contributed by atoms with Crippen LogP contribution in [0.1, 0.15) is 78.8 Å². The number of carbonyl (C=O) groups is 6. The maximum absolute atomic E-state index is 14.9. The lowest BCUT2D eigenvalue weighted by Gasteiger charge is -2.34. The summed E-state index contributed by atoms with van der Waals surface area (Å²) in [5, 5.41) is 40.9. The van der Waals surface area contributed by atoms with Gasteiger partial charge < -0.3 is 51.5 Å². The number of likely N-dealkylation sites (N-methyl/N-ethyl adjacent to an activating group) is 1. The van der Waals surface area contributed by atoms with Crippen molar-refractivity contribution >= 4 is 144 Å². The molecule has 9 aromatic rings. The molecule has 3 aromatic heterocycles. The van der Waals surface area contributed by atoms with E-state index in [1.54, 1.807) is 11.8 Å². The summed E-state index contributed by atoms with van der Waals surface area (Å²) < 4.78 is 110. The van der Waals surface area contributed by atoms with Crippen molar-refractivity contribution in [3.8, 4) is 0 Å². The number of nitrogens with zero attached hydrogens (tertiary/aromatic N) is 7. The van der Waals surface area contributed by atoms with Crippen molar-refractivity contribution in [3.05, 3.63) is 264 Å². The van der Waals surface area contributed by atoms with Gasteiger partial charge in [0.05, 0.1) is 77.0 Å². The summed E-state index contributed by atoms with van der Waals surface area (Å²) in [7, 11) is -1.15. The number of hydrogen-bond donors (Lipinski definition) is 9. The quantitative estimate of drug-likeness (QED) is 0.0262. The number of carbonyl (C=O) groups excluding carboxylic acids is 6. The molecule has 0 spiro atoms. The number of amidine groups is 3. The van der Waals surface area contributed by atoms with Gasteiger partial charge in [-0.25, -0.2) is 49.7 Å². The van der Waals surface area contributed by atoms with E-state index in [2.05, 4.69) is 51.8 Å². The van der Waals surface area contributed by atoms with Crippen molar-refractivity contribution in [1.29, 1.82) is 16.2 Å². The molecule has 3 aliphatic rings. The summed E-state index contributed by atoms with van der Waals surface area (Å²) >= 11 is 19.2. The summed E-state index contributed by atoms with van der Waals surface area (Å²) in [4.78, 5) is 95.9. The van der Waals surface area contributed by atoms with Gasteiger partial charge in [0.15, 0.2) is 9.84 Å². The number of amides is 6. The van der Waals surface area contributed by atoms with Crippen LogP contribution in [0.15, 0.2) is 164 Å². The molecule has 35 heteroatoms. The fourth-order valence-electron chi connectivity index (χ4n) is 10.7. The third-order valence-corrected chi connectivity index (χ3v) is 19.8. The van der Waals surface area contributed by atoms with Crippen LogP contribution in [0, 0.1) is 51.1 Å². The van der Waals surface area contributed by atoms with E-state index in [0.29, 0.717) is 52.4 Å². The number of pyridine rings is 3. The summed E-state index contributed by atoms with van der Waals surface area (Å²) in [6.45, 7) is 4.54. The first kappa shape index (κ1) is 79.3. The molecular formula is C73H63Cl3F6N16O8S2. The number of nitrogens with one attached hydrogen (secondary N) is 9. The first-order chi connectivity index (χ1) is 51.5. The topological polar surface area (TPSA) is 332 Å². The Hall–Kier alpha value is -11.3. The minimum Gasteiger partial charge on any atom is -0.355 e. The Balaban J connectivity index is 0.000000173. The minimum absolute atomic E-state index is 0.00935. The van der Waals surface area contributed by atoms with Crippen LogP contribution in [0.2, 0.25) is 15.1 Å². The number of piperazine rings is 1. The molecule has 108 heavy (non-hydrogen) atoms. The van der Waals surface area contributed by atoms with Crippen molar-refractivity contribution in [2.75, 3.05) is 114 Å². The first-order valence-electron chi connectivity index (χ1n) is 32.5. The fourth-order valence-corrected chi connectivity index (χ4v) is 13.2. The number of thioether (sulfide) groups is 1. The number of aromatic nitrogens is 3. The molecule has 6 aromatic carbocycles.